The van der Waals surface area contributed by atoms with Crippen LogP contribution in [-0.2, 0) is 4.79 Å². The number of piperidine rings is 1. The second-order valence-corrected chi connectivity index (χ2v) is 6.00. The van der Waals surface area contributed by atoms with Crippen molar-refractivity contribution in [2.45, 2.75) is 58.8 Å². The molecule has 1 unspecified atom stereocenters. The molecular formula is C16H32N2O. The summed E-state index contributed by atoms with van der Waals surface area (Å²) in [5.74, 6) is 1.75. The fourth-order valence-corrected chi connectivity index (χ4v) is 2.99. The van der Waals surface area contributed by atoms with E-state index in [2.05, 4.69) is 24.1 Å². The van der Waals surface area contributed by atoms with E-state index in [0.29, 0.717) is 11.8 Å². The molecule has 0 spiro atoms. The molecule has 1 aliphatic heterocycles. The minimum atomic E-state index is 0.394. The fraction of sp³-hybridized carbons (Fsp3) is 0.938. The Morgan fingerprint density at radius 3 is 2.53 bits per heavy atom. The summed E-state index contributed by atoms with van der Waals surface area (Å²) in [6.45, 7) is 7.47. The first-order valence-electron chi connectivity index (χ1n) is 8.13. The maximum atomic E-state index is 12.3. The second kappa shape index (κ2) is 9.35. The number of rotatable bonds is 8. The Morgan fingerprint density at radius 1 is 1.32 bits per heavy atom. The molecule has 0 aromatic heterocycles. The number of carbonyl (C=O) groups excluding carboxylic acids is 1. The summed E-state index contributed by atoms with van der Waals surface area (Å²) in [5.41, 5.74) is 0. The van der Waals surface area contributed by atoms with Crippen LogP contribution in [0.25, 0.3) is 0 Å². The van der Waals surface area contributed by atoms with Crippen LogP contribution in [-0.4, -0.2) is 37.5 Å². The van der Waals surface area contributed by atoms with E-state index in [1.54, 1.807) is 0 Å². The molecule has 0 aliphatic carbocycles. The average molecular weight is 268 g/mol. The summed E-state index contributed by atoms with van der Waals surface area (Å²) in [5, 5.41) is 3.24. The number of nitrogens with one attached hydrogen (secondary N) is 1. The number of likely N-dealkylation sites (tertiary alicyclic amines) is 1. The zero-order valence-electron chi connectivity index (χ0n) is 13.1. The number of hydrogen-bond acceptors (Lipinski definition) is 2. The number of nitrogens with zero attached hydrogens (tertiary/aromatic N) is 1. The predicted molar refractivity (Wildman–Crippen MR) is 81.2 cm³/mol. The molecule has 1 atom stereocenters. The van der Waals surface area contributed by atoms with Gasteiger partial charge in [-0.05, 0) is 44.7 Å². The van der Waals surface area contributed by atoms with Crippen molar-refractivity contribution in [3.63, 3.8) is 0 Å². The van der Waals surface area contributed by atoms with E-state index in [4.69, 9.17) is 0 Å². The molecule has 1 amide bonds. The van der Waals surface area contributed by atoms with Crippen LogP contribution < -0.4 is 5.32 Å². The lowest BCUT2D eigenvalue weighted by molar-refractivity contribution is -0.133. The maximum Gasteiger partial charge on any atom is 0.222 e. The first kappa shape index (κ1) is 16.5. The molecule has 3 nitrogen and oxygen atoms in total. The standard InChI is InChI=1S/C16H32N2O/c1-4-6-7-14(5-2)12-16(19)18-10-8-15(9-11-18)13-17-3/h14-15,17H,4-13H2,1-3H3. The number of amides is 1. The quantitative estimate of drug-likeness (QED) is 0.734. The summed E-state index contributed by atoms with van der Waals surface area (Å²) in [4.78, 5) is 14.4. The third kappa shape index (κ3) is 5.94. The van der Waals surface area contributed by atoms with Crippen molar-refractivity contribution in [3.05, 3.63) is 0 Å². The Balaban J connectivity index is 2.29. The van der Waals surface area contributed by atoms with E-state index in [1.165, 1.54) is 32.1 Å². The fourth-order valence-electron chi connectivity index (χ4n) is 2.99. The Labute approximate surface area is 119 Å². The molecule has 0 aromatic rings. The van der Waals surface area contributed by atoms with Gasteiger partial charge >= 0.3 is 0 Å². The van der Waals surface area contributed by atoms with Crippen LogP contribution in [0.15, 0.2) is 0 Å². The van der Waals surface area contributed by atoms with Crippen LogP contribution >= 0.6 is 0 Å². The van der Waals surface area contributed by atoms with Gasteiger partial charge in [0.25, 0.3) is 0 Å². The zero-order chi connectivity index (χ0) is 14.1. The highest BCUT2D eigenvalue weighted by Gasteiger charge is 2.23. The third-order valence-corrected chi connectivity index (χ3v) is 4.47. The van der Waals surface area contributed by atoms with Gasteiger partial charge in [0.1, 0.15) is 0 Å². The molecule has 1 rings (SSSR count). The van der Waals surface area contributed by atoms with Crippen molar-refractivity contribution in [2.24, 2.45) is 11.8 Å². The topological polar surface area (TPSA) is 32.3 Å². The van der Waals surface area contributed by atoms with Crippen LogP contribution in [0.3, 0.4) is 0 Å². The van der Waals surface area contributed by atoms with Crippen molar-refractivity contribution >= 4 is 5.91 Å². The van der Waals surface area contributed by atoms with Crippen LogP contribution in [0.5, 0.6) is 0 Å². The van der Waals surface area contributed by atoms with Gasteiger partial charge < -0.3 is 10.2 Å². The van der Waals surface area contributed by atoms with E-state index in [9.17, 15) is 4.79 Å². The van der Waals surface area contributed by atoms with Gasteiger partial charge in [-0.2, -0.15) is 0 Å². The van der Waals surface area contributed by atoms with Crippen LogP contribution in [0.2, 0.25) is 0 Å². The lowest BCUT2D eigenvalue weighted by Gasteiger charge is -2.33. The Kier molecular flexibility index (Phi) is 8.11. The van der Waals surface area contributed by atoms with Crippen LogP contribution in [0, 0.1) is 11.8 Å². The van der Waals surface area contributed by atoms with Gasteiger partial charge in [-0.15, -0.1) is 0 Å². The molecule has 1 fully saturated rings. The number of carbonyl (C=O) groups is 1. The molecule has 1 heterocycles. The summed E-state index contributed by atoms with van der Waals surface area (Å²) < 4.78 is 0. The van der Waals surface area contributed by atoms with Gasteiger partial charge in [0.05, 0.1) is 0 Å². The van der Waals surface area contributed by atoms with Gasteiger partial charge in [0, 0.05) is 19.5 Å². The second-order valence-electron chi connectivity index (χ2n) is 6.00. The highest BCUT2D eigenvalue weighted by Crippen LogP contribution is 2.21. The molecule has 3 heteroatoms. The predicted octanol–water partition coefficient (Wildman–Crippen LogP) is 3.05. The van der Waals surface area contributed by atoms with Crippen LogP contribution in [0.1, 0.15) is 58.8 Å². The van der Waals surface area contributed by atoms with E-state index in [0.717, 1.165) is 38.4 Å². The molecule has 19 heavy (non-hydrogen) atoms. The molecule has 0 bridgehead atoms. The third-order valence-electron chi connectivity index (χ3n) is 4.47. The minimum absolute atomic E-state index is 0.394. The van der Waals surface area contributed by atoms with Gasteiger partial charge in [0.2, 0.25) is 5.91 Å². The minimum Gasteiger partial charge on any atom is -0.343 e. The van der Waals surface area contributed by atoms with Gasteiger partial charge in [-0.3, -0.25) is 4.79 Å². The smallest absolute Gasteiger partial charge is 0.222 e. The monoisotopic (exact) mass is 268 g/mol. The molecule has 0 aromatic carbocycles. The molecule has 0 radical (unpaired) electrons. The first-order chi connectivity index (χ1) is 9.21. The summed E-state index contributed by atoms with van der Waals surface area (Å²) >= 11 is 0. The Morgan fingerprint density at radius 2 is 2.00 bits per heavy atom. The summed E-state index contributed by atoms with van der Waals surface area (Å²) in [6, 6.07) is 0. The molecule has 112 valence electrons. The number of hydrogen-bond donors (Lipinski definition) is 1. The van der Waals surface area contributed by atoms with E-state index < -0.39 is 0 Å². The Hall–Kier alpha value is -0.570. The number of unbranched alkanes of at least 4 members (excludes halogenated alkanes) is 1. The van der Waals surface area contributed by atoms with Crippen LogP contribution in [0.4, 0.5) is 0 Å². The van der Waals surface area contributed by atoms with E-state index in [-0.39, 0.29) is 0 Å². The van der Waals surface area contributed by atoms with Gasteiger partial charge in [0.15, 0.2) is 0 Å². The van der Waals surface area contributed by atoms with Crippen molar-refractivity contribution in [3.8, 4) is 0 Å². The normalized spacial score (nSPS) is 18.6. The molecule has 1 aliphatic rings. The van der Waals surface area contributed by atoms with Gasteiger partial charge in [-0.25, -0.2) is 0 Å². The maximum absolute atomic E-state index is 12.3. The van der Waals surface area contributed by atoms with Crippen molar-refractivity contribution < 1.29 is 4.79 Å². The summed E-state index contributed by atoms with van der Waals surface area (Å²) in [7, 11) is 2.01. The summed E-state index contributed by atoms with van der Waals surface area (Å²) in [6.07, 6.45) is 7.96. The van der Waals surface area contributed by atoms with Crippen molar-refractivity contribution in [2.75, 3.05) is 26.7 Å². The molecular weight excluding hydrogens is 236 g/mol. The molecule has 0 saturated carbocycles. The highest BCUT2D eigenvalue weighted by atomic mass is 16.2. The van der Waals surface area contributed by atoms with E-state index >= 15 is 0 Å². The molecule has 1 N–H and O–H groups in total. The SMILES string of the molecule is CCCCC(CC)CC(=O)N1CCC(CNC)CC1. The lowest BCUT2D eigenvalue weighted by atomic mass is 9.93. The Bertz CT molecular complexity index is 247. The van der Waals surface area contributed by atoms with Crippen molar-refractivity contribution in [1.29, 1.82) is 0 Å². The van der Waals surface area contributed by atoms with E-state index in [1.807, 2.05) is 7.05 Å². The largest absolute Gasteiger partial charge is 0.343 e. The highest BCUT2D eigenvalue weighted by molar-refractivity contribution is 5.76. The molecule has 1 saturated heterocycles. The lowest BCUT2D eigenvalue weighted by Crippen LogP contribution is -2.41. The average Bonchev–Trinajstić information content (AvgIpc) is 2.44. The van der Waals surface area contributed by atoms with Gasteiger partial charge in [-0.1, -0.05) is 33.1 Å². The van der Waals surface area contributed by atoms with Crippen molar-refractivity contribution in [1.82, 2.24) is 10.2 Å². The zero-order valence-corrected chi connectivity index (χ0v) is 13.1. The first-order valence-corrected chi connectivity index (χ1v) is 8.13.